The molecule has 1 rings (SSSR count). The molecular formula is C8H11N2O2+. The average Bonchev–Trinajstić information content (AvgIpc) is 2.16. The minimum atomic E-state index is -0.286. The molecule has 0 radical (unpaired) electrons. The summed E-state index contributed by atoms with van der Waals surface area (Å²) in [6.07, 6.45) is 3.84. The van der Waals surface area contributed by atoms with Gasteiger partial charge in [-0.3, -0.25) is 4.84 Å². The van der Waals surface area contributed by atoms with E-state index in [0.29, 0.717) is 6.42 Å². The van der Waals surface area contributed by atoms with Crippen LogP contribution in [0, 0.1) is 0 Å². The van der Waals surface area contributed by atoms with Crippen molar-refractivity contribution in [2.75, 3.05) is 5.59 Å². The number of carbonyl (C=O) groups is 1. The van der Waals surface area contributed by atoms with Gasteiger partial charge in [-0.05, 0) is 5.59 Å². The van der Waals surface area contributed by atoms with Crippen molar-refractivity contribution >= 4 is 5.97 Å². The van der Waals surface area contributed by atoms with Crippen LogP contribution >= 0.6 is 0 Å². The molecule has 1 heterocycles. The van der Waals surface area contributed by atoms with Crippen molar-refractivity contribution in [1.82, 2.24) is 0 Å². The van der Waals surface area contributed by atoms with E-state index in [2.05, 4.69) is 10.4 Å². The van der Waals surface area contributed by atoms with Crippen LogP contribution in [-0.2, 0) is 9.63 Å². The maximum Gasteiger partial charge on any atom is 0.337 e. The van der Waals surface area contributed by atoms with Gasteiger partial charge in [-0.15, -0.1) is 0 Å². The minimum absolute atomic E-state index is 0.286. The molecule has 0 amide bonds. The smallest absolute Gasteiger partial charge is 0.295 e. The lowest BCUT2D eigenvalue weighted by Gasteiger charge is -1.97. The number of aromatic nitrogens is 1. The van der Waals surface area contributed by atoms with E-state index in [-0.39, 0.29) is 5.97 Å². The lowest BCUT2D eigenvalue weighted by molar-refractivity contribution is -0.676. The van der Waals surface area contributed by atoms with Crippen molar-refractivity contribution in [3.8, 4) is 0 Å². The van der Waals surface area contributed by atoms with E-state index < -0.39 is 0 Å². The Kier molecular flexibility index (Phi) is 3.07. The maximum absolute atomic E-state index is 10.7. The van der Waals surface area contributed by atoms with Crippen LogP contribution in [0.15, 0.2) is 30.6 Å². The molecule has 4 heteroatoms. The quantitative estimate of drug-likeness (QED) is 0.523. The molecule has 4 nitrogen and oxygen atoms in total. The molecule has 0 saturated heterocycles. The summed E-state index contributed by atoms with van der Waals surface area (Å²) in [6, 6.07) is 5.53. The molecule has 0 aromatic carbocycles. The van der Waals surface area contributed by atoms with Crippen molar-refractivity contribution in [3.05, 3.63) is 30.6 Å². The predicted octanol–water partition coefficient (Wildman–Crippen LogP) is 0.386. The highest BCUT2D eigenvalue weighted by Gasteiger charge is 2.00. The second-order valence-corrected chi connectivity index (χ2v) is 2.20. The summed E-state index contributed by atoms with van der Waals surface area (Å²) >= 11 is 0. The summed E-state index contributed by atoms with van der Waals surface area (Å²) in [5.41, 5.74) is 2.46. The number of hydrogen-bond donors (Lipinski definition) is 1. The van der Waals surface area contributed by atoms with Gasteiger partial charge < -0.3 is 0 Å². The molecule has 1 N–H and O–H groups in total. The average molecular weight is 167 g/mol. The second-order valence-electron chi connectivity index (χ2n) is 2.20. The third kappa shape index (κ3) is 2.57. The molecule has 12 heavy (non-hydrogen) atoms. The van der Waals surface area contributed by atoms with Gasteiger partial charge in [0.25, 0.3) is 0 Å². The van der Waals surface area contributed by atoms with Crippen LogP contribution in [0.4, 0.5) is 0 Å². The van der Waals surface area contributed by atoms with Gasteiger partial charge in [-0.25, -0.2) is 4.79 Å². The molecule has 0 unspecified atom stereocenters. The standard InChI is InChI=1S/C8H11N2O2/c1-2-8(11)12-9-10-6-4-3-5-7-10/h3-7,9H,2H2,1H3/q+1. The number of carbonyl (C=O) groups excluding carboxylic acids is 1. The van der Waals surface area contributed by atoms with Crippen LogP contribution in [0.25, 0.3) is 0 Å². The highest BCUT2D eigenvalue weighted by Crippen LogP contribution is 1.79. The first-order valence-corrected chi connectivity index (χ1v) is 3.75. The molecule has 1 aromatic rings. The second kappa shape index (κ2) is 4.33. The Morgan fingerprint density at radius 1 is 1.42 bits per heavy atom. The van der Waals surface area contributed by atoms with Crippen LogP contribution in [0.5, 0.6) is 0 Å². The third-order valence-electron chi connectivity index (χ3n) is 1.27. The molecule has 0 saturated carbocycles. The van der Waals surface area contributed by atoms with Gasteiger partial charge in [0.05, 0.1) is 0 Å². The van der Waals surface area contributed by atoms with E-state index in [1.807, 2.05) is 18.2 Å². The Hall–Kier alpha value is -1.58. The number of nitrogens with zero attached hydrogens (tertiary/aromatic N) is 1. The van der Waals surface area contributed by atoms with Gasteiger partial charge in [0.15, 0.2) is 0 Å². The van der Waals surface area contributed by atoms with Crippen molar-refractivity contribution in [2.24, 2.45) is 0 Å². The van der Waals surface area contributed by atoms with E-state index in [1.165, 1.54) is 0 Å². The molecule has 1 aromatic heterocycles. The molecule has 64 valence electrons. The zero-order valence-electron chi connectivity index (χ0n) is 6.86. The maximum atomic E-state index is 10.7. The van der Waals surface area contributed by atoms with Crippen LogP contribution < -0.4 is 10.3 Å². The molecule has 0 aliphatic rings. The molecule has 0 bridgehead atoms. The highest BCUT2D eigenvalue weighted by molar-refractivity contribution is 5.68. The lowest BCUT2D eigenvalue weighted by atomic mass is 10.5. The Morgan fingerprint density at radius 2 is 2.08 bits per heavy atom. The van der Waals surface area contributed by atoms with E-state index in [1.54, 1.807) is 24.0 Å². The largest absolute Gasteiger partial charge is 0.337 e. The van der Waals surface area contributed by atoms with Crippen molar-refractivity contribution in [3.63, 3.8) is 0 Å². The molecule has 0 spiro atoms. The van der Waals surface area contributed by atoms with Crippen molar-refractivity contribution in [1.29, 1.82) is 0 Å². The first-order valence-electron chi connectivity index (χ1n) is 3.75. The fourth-order valence-electron chi connectivity index (χ4n) is 0.635. The lowest BCUT2D eigenvalue weighted by Crippen LogP contribution is -2.45. The normalized spacial score (nSPS) is 9.08. The van der Waals surface area contributed by atoms with Crippen molar-refractivity contribution < 1.29 is 14.3 Å². The Morgan fingerprint density at radius 3 is 2.67 bits per heavy atom. The molecular weight excluding hydrogens is 156 g/mol. The van der Waals surface area contributed by atoms with Crippen molar-refractivity contribution in [2.45, 2.75) is 13.3 Å². The number of nitrogens with one attached hydrogen (secondary N) is 1. The van der Waals surface area contributed by atoms with Gasteiger partial charge in [0.1, 0.15) is 0 Å². The third-order valence-corrected chi connectivity index (χ3v) is 1.27. The fourth-order valence-corrected chi connectivity index (χ4v) is 0.635. The van der Waals surface area contributed by atoms with E-state index in [4.69, 9.17) is 0 Å². The zero-order valence-corrected chi connectivity index (χ0v) is 6.86. The van der Waals surface area contributed by atoms with Crippen LogP contribution in [0.2, 0.25) is 0 Å². The summed E-state index contributed by atoms with van der Waals surface area (Å²) in [7, 11) is 0. The van der Waals surface area contributed by atoms with Gasteiger partial charge >= 0.3 is 5.97 Å². The summed E-state index contributed by atoms with van der Waals surface area (Å²) < 4.78 is 1.55. The van der Waals surface area contributed by atoms with Gasteiger partial charge in [-0.2, -0.15) is 0 Å². The van der Waals surface area contributed by atoms with Crippen LogP contribution in [0.3, 0.4) is 0 Å². The molecule has 0 atom stereocenters. The Balaban J connectivity index is 2.38. The summed E-state index contributed by atoms with van der Waals surface area (Å²) in [5, 5.41) is 0. The van der Waals surface area contributed by atoms with Gasteiger partial charge in [0, 0.05) is 18.6 Å². The Labute approximate surface area is 70.7 Å². The topological polar surface area (TPSA) is 42.2 Å². The van der Waals surface area contributed by atoms with Crippen LogP contribution in [0.1, 0.15) is 13.3 Å². The molecule has 0 aliphatic carbocycles. The van der Waals surface area contributed by atoms with Gasteiger partial charge in [-0.1, -0.05) is 17.7 Å². The summed E-state index contributed by atoms with van der Waals surface area (Å²) in [6.45, 7) is 1.74. The van der Waals surface area contributed by atoms with Gasteiger partial charge in [0.2, 0.25) is 12.4 Å². The monoisotopic (exact) mass is 167 g/mol. The summed E-state index contributed by atoms with van der Waals surface area (Å²) in [4.78, 5) is 15.3. The summed E-state index contributed by atoms with van der Waals surface area (Å²) in [5.74, 6) is -0.286. The Bertz CT molecular complexity index is 248. The molecule has 0 aliphatic heterocycles. The van der Waals surface area contributed by atoms with Crippen LogP contribution in [-0.4, -0.2) is 5.97 Å². The minimum Gasteiger partial charge on any atom is -0.295 e. The zero-order chi connectivity index (χ0) is 8.81. The SMILES string of the molecule is CCC(=O)ON[n+]1ccccc1. The predicted molar refractivity (Wildman–Crippen MR) is 42.4 cm³/mol. The number of pyridine rings is 1. The number of rotatable bonds is 3. The first-order chi connectivity index (χ1) is 5.83. The highest BCUT2D eigenvalue weighted by atomic mass is 16.7. The van der Waals surface area contributed by atoms with E-state index in [9.17, 15) is 4.79 Å². The first kappa shape index (κ1) is 8.52. The number of hydrogen-bond acceptors (Lipinski definition) is 3. The fraction of sp³-hybridized carbons (Fsp3) is 0.250. The molecule has 0 fully saturated rings. The van der Waals surface area contributed by atoms with E-state index >= 15 is 0 Å². The van der Waals surface area contributed by atoms with E-state index in [0.717, 1.165) is 0 Å².